The minimum absolute atomic E-state index is 0.151. The third-order valence-electron chi connectivity index (χ3n) is 8.16. The summed E-state index contributed by atoms with van der Waals surface area (Å²) < 4.78 is 19.6. The van der Waals surface area contributed by atoms with Crippen molar-refractivity contribution in [2.45, 2.75) is 56.7 Å². The first-order valence-electron chi connectivity index (χ1n) is 13.9. The third kappa shape index (κ3) is 6.58. The van der Waals surface area contributed by atoms with Crippen LogP contribution >= 0.6 is 0 Å². The molecule has 3 aliphatic rings. The maximum atomic E-state index is 13.5. The van der Waals surface area contributed by atoms with Crippen LogP contribution in [0.2, 0.25) is 0 Å². The number of amides is 3. The summed E-state index contributed by atoms with van der Waals surface area (Å²) in [5, 5.41) is 9.24. The lowest BCUT2D eigenvalue weighted by atomic mass is 10.0. The number of ether oxygens (including phenoxy) is 1. The standard InChI is InChI=1S/C30H37FN4O4/c1-18-28(36)34-25(15-19-7-11-22(31)12-8-19)29(37)33-17-21-16-24(21)23-5-3-4-6-26(23)39-14-13-32-27(20-9-10-20)30(38)35(18)2/h3-8,11-12,18,20-21,24-25,27,32H,9-10,13-17H2,1-2H3,(H,33,37)(H,34,36)/t18-,21+,24-,25-,27+/m0/s1. The van der Waals surface area contributed by atoms with Gasteiger partial charge in [-0.3, -0.25) is 14.4 Å². The number of fused-ring (bicyclic) bond motifs is 3. The molecule has 5 atom stereocenters. The van der Waals surface area contributed by atoms with Gasteiger partial charge in [-0.15, -0.1) is 0 Å². The fraction of sp³-hybridized carbons (Fsp3) is 0.500. The molecule has 208 valence electrons. The number of halogens is 1. The van der Waals surface area contributed by atoms with Gasteiger partial charge in [0.25, 0.3) is 0 Å². The fourth-order valence-corrected chi connectivity index (χ4v) is 5.33. The number of likely N-dealkylation sites (N-methyl/N-ethyl adjacent to an activating group) is 1. The van der Waals surface area contributed by atoms with Crippen molar-refractivity contribution in [3.63, 3.8) is 0 Å². The van der Waals surface area contributed by atoms with Crippen molar-refractivity contribution in [2.75, 3.05) is 26.7 Å². The molecule has 1 aliphatic heterocycles. The largest absolute Gasteiger partial charge is 0.492 e. The van der Waals surface area contributed by atoms with Gasteiger partial charge in [-0.1, -0.05) is 30.3 Å². The van der Waals surface area contributed by atoms with Crippen LogP contribution in [0, 0.1) is 17.7 Å². The first-order valence-corrected chi connectivity index (χ1v) is 13.9. The molecule has 2 saturated carbocycles. The summed E-state index contributed by atoms with van der Waals surface area (Å²) in [6.07, 6.45) is 3.07. The zero-order valence-corrected chi connectivity index (χ0v) is 22.5. The molecule has 0 radical (unpaired) electrons. The van der Waals surface area contributed by atoms with Crippen molar-refractivity contribution in [3.05, 3.63) is 65.5 Å². The zero-order chi connectivity index (χ0) is 27.5. The molecule has 2 fully saturated rings. The SMILES string of the molecule is C[C@H]1C(=O)N[C@@H](Cc2ccc(F)cc2)C(=O)NC[C@H]2C[C@@H]2c2ccccc2OCCN[C@H](C2CC2)C(=O)N1C. The van der Waals surface area contributed by atoms with Gasteiger partial charge in [0.15, 0.2) is 0 Å². The number of carbonyl (C=O) groups excluding carboxylic acids is 3. The highest BCUT2D eigenvalue weighted by molar-refractivity contribution is 5.93. The number of benzene rings is 2. The molecule has 0 bridgehead atoms. The van der Waals surface area contributed by atoms with Crippen LogP contribution < -0.4 is 20.7 Å². The van der Waals surface area contributed by atoms with Crippen LogP contribution in [0.5, 0.6) is 5.75 Å². The highest BCUT2D eigenvalue weighted by atomic mass is 19.1. The summed E-state index contributed by atoms with van der Waals surface area (Å²) in [5.41, 5.74) is 1.85. The van der Waals surface area contributed by atoms with Crippen LogP contribution in [0.4, 0.5) is 4.39 Å². The van der Waals surface area contributed by atoms with Crippen molar-refractivity contribution in [3.8, 4) is 5.75 Å². The van der Waals surface area contributed by atoms with Gasteiger partial charge in [0.1, 0.15) is 30.3 Å². The van der Waals surface area contributed by atoms with Gasteiger partial charge in [-0.2, -0.15) is 0 Å². The van der Waals surface area contributed by atoms with Crippen molar-refractivity contribution in [1.82, 2.24) is 20.9 Å². The van der Waals surface area contributed by atoms with Gasteiger partial charge < -0.3 is 25.6 Å². The van der Waals surface area contributed by atoms with Gasteiger partial charge in [0.2, 0.25) is 17.7 Å². The molecule has 1 heterocycles. The molecule has 0 spiro atoms. The summed E-state index contributed by atoms with van der Waals surface area (Å²) in [6.45, 7) is 3.08. The van der Waals surface area contributed by atoms with E-state index >= 15 is 0 Å². The second-order valence-electron chi connectivity index (χ2n) is 11.0. The van der Waals surface area contributed by atoms with Gasteiger partial charge in [0.05, 0.1) is 6.04 Å². The van der Waals surface area contributed by atoms with Gasteiger partial charge in [-0.05, 0) is 73.3 Å². The molecule has 3 amide bonds. The average molecular weight is 537 g/mol. The van der Waals surface area contributed by atoms with Crippen molar-refractivity contribution in [2.24, 2.45) is 11.8 Å². The molecule has 2 aromatic rings. The van der Waals surface area contributed by atoms with E-state index in [1.54, 1.807) is 26.1 Å². The first-order chi connectivity index (χ1) is 18.8. The number of nitrogens with one attached hydrogen (secondary N) is 3. The highest BCUT2D eigenvalue weighted by Gasteiger charge is 2.41. The Morgan fingerprint density at radius 2 is 1.74 bits per heavy atom. The Morgan fingerprint density at radius 1 is 1.00 bits per heavy atom. The van der Waals surface area contributed by atoms with E-state index in [4.69, 9.17) is 4.74 Å². The van der Waals surface area contributed by atoms with E-state index in [-0.39, 0.29) is 41.8 Å². The predicted octanol–water partition coefficient (Wildman–Crippen LogP) is 2.38. The lowest BCUT2D eigenvalue weighted by molar-refractivity contribution is -0.141. The quantitative estimate of drug-likeness (QED) is 0.560. The molecular formula is C30H37FN4O4. The van der Waals surface area contributed by atoms with Crippen LogP contribution in [0.25, 0.3) is 0 Å². The van der Waals surface area contributed by atoms with Crippen LogP contribution in [-0.2, 0) is 20.8 Å². The average Bonchev–Trinajstić information content (AvgIpc) is 3.87. The molecule has 2 aliphatic carbocycles. The zero-order valence-electron chi connectivity index (χ0n) is 22.5. The van der Waals surface area contributed by atoms with Crippen molar-refractivity contribution in [1.29, 1.82) is 0 Å². The Morgan fingerprint density at radius 3 is 2.49 bits per heavy atom. The van der Waals surface area contributed by atoms with Crippen LogP contribution in [0.1, 0.15) is 43.2 Å². The topological polar surface area (TPSA) is 99.8 Å². The summed E-state index contributed by atoms with van der Waals surface area (Å²) >= 11 is 0. The molecule has 8 nitrogen and oxygen atoms in total. The maximum Gasteiger partial charge on any atom is 0.243 e. The number of hydrogen-bond donors (Lipinski definition) is 3. The first kappa shape index (κ1) is 27.1. The molecule has 2 aromatic carbocycles. The Hall–Kier alpha value is -3.46. The van der Waals surface area contributed by atoms with E-state index in [9.17, 15) is 18.8 Å². The van der Waals surface area contributed by atoms with Crippen molar-refractivity contribution >= 4 is 17.7 Å². The van der Waals surface area contributed by atoms with E-state index in [1.165, 1.54) is 17.0 Å². The fourth-order valence-electron chi connectivity index (χ4n) is 5.33. The van der Waals surface area contributed by atoms with E-state index in [1.807, 2.05) is 18.2 Å². The predicted molar refractivity (Wildman–Crippen MR) is 145 cm³/mol. The van der Waals surface area contributed by atoms with E-state index in [0.29, 0.717) is 19.7 Å². The van der Waals surface area contributed by atoms with Crippen molar-refractivity contribution < 1.29 is 23.5 Å². The Kier molecular flexibility index (Phi) is 8.16. The number of rotatable bonds is 3. The number of carbonyl (C=O) groups is 3. The third-order valence-corrected chi connectivity index (χ3v) is 8.16. The molecule has 9 heteroatoms. The van der Waals surface area contributed by atoms with Gasteiger partial charge >= 0.3 is 0 Å². The van der Waals surface area contributed by atoms with Gasteiger partial charge in [-0.25, -0.2) is 4.39 Å². The highest BCUT2D eigenvalue weighted by Crippen LogP contribution is 2.50. The maximum absolute atomic E-state index is 13.5. The smallest absolute Gasteiger partial charge is 0.243 e. The number of nitrogens with zero attached hydrogens (tertiary/aromatic N) is 1. The molecular weight excluding hydrogens is 499 g/mol. The summed E-state index contributed by atoms with van der Waals surface area (Å²) in [5.74, 6) is 0.398. The molecule has 0 unspecified atom stereocenters. The lowest BCUT2D eigenvalue weighted by Crippen LogP contribution is -2.56. The molecule has 0 saturated heterocycles. The second kappa shape index (κ2) is 11.7. The van der Waals surface area contributed by atoms with Gasteiger partial charge in [0, 0.05) is 26.6 Å². The monoisotopic (exact) mass is 536 g/mol. The second-order valence-corrected chi connectivity index (χ2v) is 11.0. The van der Waals surface area contributed by atoms with Crippen LogP contribution in [0.15, 0.2) is 48.5 Å². The minimum atomic E-state index is -0.863. The van der Waals surface area contributed by atoms with E-state index < -0.39 is 24.0 Å². The number of para-hydroxylation sites is 1. The Bertz CT molecular complexity index is 1200. The Balaban J connectivity index is 1.37. The van der Waals surface area contributed by atoms with Crippen LogP contribution in [0.3, 0.4) is 0 Å². The van der Waals surface area contributed by atoms with E-state index in [2.05, 4.69) is 22.0 Å². The Labute approximate surface area is 228 Å². The summed E-state index contributed by atoms with van der Waals surface area (Å²) in [4.78, 5) is 41.5. The normalized spacial score (nSPS) is 28.6. The van der Waals surface area contributed by atoms with E-state index in [0.717, 1.165) is 36.1 Å². The van der Waals surface area contributed by atoms with Crippen LogP contribution in [-0.4, -0.2) is 67.5 Å². The number of hydrogen-bond acceptors (Lipinski definition) is 5. The molecule has 3 N–H and O–H groups in total. The lowest BCUT2D eigenvalue weighted by Gasteiger charge is -2.30. The molecule has 0 aromatic heterocycles. The molecule has 39 heavy (non-hydrogen) atoms. The minimum Gasteiger partial charge on any atom is -0.492 e. The molecule has 5 rings (SSSR count). The summed E-state index contributed by atoms with van der Waals surface area (Å²) in [6, 6.07) is 11.8. The summed E-state index contributed by atoms with van der Waals surface area (Å²) in [7, 11) is 1.62.